The molecule has 2 amide bonds. The van der Waals surface area contributed by atoms with Crippen molar-refractivity contribution >= 4 is 11.8 Å². The quantitative estimate of drug-likeness (QED) is 0.586. The van der Waals surface area contributed by atoms with Crippen molar-refractivity contribution in [1.29, 1.82) is 0 Å². The van der Waals surface area contributed by atoms with Crippen LogP contribution in [0.15, 0.2) is 43.0 Å². The third-order valence-corrected chi connectivity index (χ3v) is 5.54. The second kappa shape index (κ2) is 7.83. The van der Waals surface area contributed by atoms with Gasteiger partial charge in [-0.1, -0.05) is 43.3 Å². The van der Waals surface area contributed by atoms with Crippen LogP contribution in [0.25, 0.3) is 0 Å². The minimum Gasteiger partial charge on any atom is -0.354 e. The molecule has 0 aromatic heterocycles. The average Bonchev–Trinajstić information content (AvgIpc) is 3.17. The Morgan fingerprint density at radius 3 is 2.76 bits per heavy atom. The van der Waals surface area contributed by atoms with Crippen molar-refractivity contribution in [3.05, 3.63) is 48.6 Å². The standard InChI is InChI=1S/C20H27N3O2/c1-2-18(24)21-11-12-22-19(25)20-10-6-9-17(20)14-23(15-20)13-16-7-4-3-5-8-16/h2-5,7-8,17H,1,6,9-15H2,(H,21,24)(H,22,25)/t17-,20-/m0/s1. The summed E-state index contributed by atoms with van der Waals surface area (Å²) in [4.78, 5) is 26.5. The van der Waals surface area contributed by atoms with Crippen LogP contribution in [0.3, 0.4) is 0 Å². The second-order valence-corrected chi connectivity index (χ2v) is 7.15. The first-order chi connectivity index (χ1) is 12.1. The van der Waals surface area contributed by atoms with Gasteiger partial charge in [-0.25, -0.2) is 0 Å². The molecule has 2 atom stereocenters. The van der Waals surface area contributed by atoms with E-state index in [9.17, 15) is 9.59 Å². The van der Waals surface area contributed by atoms with Crippen molar-refractivity contribution in [2.75, 3.05) is 26.2 Å². The lowest BCUT2D eigenvalue weighted by molar-refractivity contribution is -0.131. The van der Waals surface area contributed by atoms with Gasteiger partial charge in [0.2, 0.25) is 11.8 Å². The summed E-state index contributed by atoms with van der Waals surface area (Å²) in [5.74, 6) is 0.387. The van der Waals surface area contributed by atoms with E-state index >= 15 is 0 Å². The average molecular weight is 341 g/mol. The Labute approximate surface area is 149 Å². The lowest BCUT2D eigenvalue weighted by Crippen LogP contribution is -2.46. The number of fused-ring (bicyclic) bond motifs is 1. The molecule has 1 saturated carbocycles. The first-order valence-electron chi connectivity index (χ1n) is 9.09. The van der Waals surface area contributed by atoms with Gasteiger partial charge < -0.3 is 10.6 Å². The van der Waals surface area contributed by atoms with Crippen LogP contribution in [-0.4, -0.2) is 42.9 Å². The number of likely N-dealkylation sites (tertiary alicyclic amines) is 1. The van der Waals surface area contributed by atoms with Gasteiger partial charge in [0.15, 0.2) is 0 Å². The fourth-order valence-electron chi connectivity index (χ4n) is 4.34. The molecule has 0 radical (unpaired) electrons. The number of nitrogens with zero attached hydrogens (tertiary/aromatic N) is 1. The largest absolute Gasteiger partial charge is 0.354 e. The molecule has 5 heteroatoms. The molecular formula is C20H27N3O2. The molecular weight excluding hydrogens is 314 g/mol. The Morgan fingerprint density at radius 2 is 2.00 bits per heavy atom. The molecule has 3 rings (SSSR count). The predicted octanol–water partition coefficient (Wildman–Crippen LogP) is 1.71. The minimum atomic E-state index is -0.253. The summed E-state index contributed by atoms with van der Waals surface area (Å²) in [5, 5.41) is 5.73. The molecule has 5 nitrogen and oxygen atoms in total. The van der Waals surface area contributed by atoms with Crippen molar-refractivity contribution in [3.8, 4) is 0 Å². The van der Waals surface area contributed by atoms with E-state index in [0.29, 0.717) is 19.0 Å². The van der Waals surface area contributed by atoms with Gasteiger partial charge in [0.05, 0.1) is 5.41 Å². The number of amides is 2. The number of benzene rings is 1. The molecule has 1 saturated heterocycles. The highest BCUT2D eigenvalue weighted by Crippen LogP contribution is 2.49. The molecule has 1 aliphatic heterocycles. The molecule has 1 aromatic rings. The summed E-state index contributed by atoms with van der Waals surface area (Å²) in [6, 6.07) is 10.4. The van der Waals surface area contributed by atoms with Gasteiger partial charge in [0.25, 0.3) is 0 Å². The van der Waals surface area contributed by atoms with Gasteiger partial charge in [-0.3, -0.25) is 14.5 Å². The van der Waals surface area contributed by atoms with Crippen molar-refractivity contribution in [1.82, 2.24) is 15.5 Å². The maximum atomic E-state index is 12.9. The SMILES string of the molecule is C=CC(=O)NCCNC(=O)[C@]12CCC[C@H]1CN(Cc1ccccc1)C2. The first kappa shape index (κ1) is 17.7. The number of carbonyl (C=O) groups is 2. The van der Waals surface area contributed by atoms with E-state index in [1.165, 1.54) is 11.6 Å². The van der Waals surface area contributed by atoms with Gasteiger partial charge in [-0.2, -0.15) is 0 Å². The molecule has 2 aliphatic rings. The molecule has 0 spiro atoms. The normalized spacial score (nSPS) is 25.4. The summed E-state index contributed by atoms with van der Waals surface area (Å²) in [6.07, 6.45) is 4.47. The lowest BCUT2D eigenvalue weighted by atomic mass is 9.80. The Kier molecular flexibility index (Phi) is 5.53. The molecule has 0 unspecified atom stereocenters. The molecule has 134 valence electrons. The van der Waals surface area contributed by atoms with Crippen LogP contribution in [0.5, 0.6) is 0 Å². The molecule has 25 heavy (non-hydrogen) atoms. The van der Waals surface area contributed by atoms with Crippen LogP contribution < -0.4 is 10.6 Å². The summed E-state index contributed by atoms with van der Waals surface area (Å²) < 4.78 is 0. The zero-order valence-electron chi connectivity index (χ0n) is 14.7. The Bertz CT molecular complexity index is 631. The molecule has 1 heterocycles. The number of hydrogen-bond acceptors (Lipinski definition) is 3. The summed E-state index contributed by atoms with van der Waals surface area (Å²) in [7, 11) is 0. The van der Waals surface area contributed by atoms with E-state index in [1.807, 2.05) is 6.07 Å². The molecule has 0 bridgehead atoms. The van der Waals surface area contributed by atoms with Crippen LogP contribution in [0.1, 0.15) is 24.8 Å². The smallest absolute Gasteiger partial charge is 0.243 e. The second-order valence-electron chi connectivity index (χ2n) is 7.15. The Morgan fingerprint density at radius 1 is 1.24 bits per heavy atom. The van der Waals surface area contributed by atoms with Crippen LogP contribution in [0.2, 0.25) is 0 Å². The topological polar surface area (TPSA) is 61.4 Å². The zero-order valence-corrected chi connectivity index (χ0v) is 14.7. The number of nitrogens with one attached hydrogen (secondary N) is 2. The highest BCUT2D eigenvalue weighted by Gasteiger charge is 2.54. The van der Waals surface area contributed by atoms with Gasteiger partial charge in [-0.15, -0.1) is 0 Å². The van der Waals surface area contributed by atoms with E-state index in [1.54, 1.807) is 0 Å². The van der Waals surface area contributed by atoms with Crippen molar-refractivity contribution in [3.63, 3.8) is 0 Å². The number of carbonyl (C=O) groups excluding carboxylic acids is 2. The minimum absolute atomic E-state index is 0.151. The third kappa shape index (κ3) is 3.93. The van der Waals surface area contributed by atoms with E-state index in [4.69, 9.17) is 0 Å². The first-order valence-corrected chi connectivity index (χ1v) is 9.09. The van der Waals surface area contributed by atoms with Gasteiger partial charge in [0.1, 0.15) is 0 Å². The highest BCUT2D eigenvalue weighted by molar-refractivity contribution is 5.87. The molecule has 1 aromatic carbocycles. The van der Waals surface area contributed by atoms with E-state index in [0.717, 1.165) is 38.9 Å². The van der Waals surface area contributed by atoms with Crippen molar-refractivity contribution < 1.29 is 9.59 Å². The van der Waals surface area contributed by atoms with Gasteiger partial charge >= 0.3 is 0 Å². The van der Waals surface area contributed by atoms with Crippen LogP contribution in [0.4, 0.5) is 0 Å². The van der Waals surface area contributed by atoms with E-state index in [-0.39, 0.29) is 17.2 Å². The van der Waals surface area contributed by atoms with Crippen molar-refractivity contribution in [2.45, 2.75) is 25.8 Å². The Hall–Kier alpha value is -2.14. The maximum absolute atomic E-state index is 12.9. The van der Waals surface area contributed by atoms with Crippen LogP contribution >= 0.6 is 0 Å². The third-order valence-electron chi connectivity index (χ3n) is 5.54. The lowest BCUT2D eigenvalue weighted by Gasteiger charge is -2.27. The zero-order chi connectivity index (χ0) is 17.7. The fourth-order valence-corrected chi connectivity index (χ4v) is 4.34. The van der Waals surface area contributed by atoms with Gasteiger partial charge in [0, 0.05) is 32.7 Å². The van der Waals surface area contributed by atoms with Crippen molar-refractivity contribution in [2.24, 2.45) is 11.3 Å². The van der Waals surface area contributed by atoms with Gasteiger partial charge in [-0.05, 0) is 30.4 Å². The fraction of sp³-hybridized carbons (Fsp3) is 0.500. The molecule has 2 N–H and O–H groups in total. The van der Waals surface area contributed by atoms with Crippen LogP contribution in [0, 0.1) is 11.3 Å². The van der Waals surface area contributed by atoms with E-state index < -0.39 is 0 Å². The van der Waals surface area contributed by atoms with E-state index in [2.05, 4.69) is 46.4 Å². The molecule has 1 aliphatic carbocycles. The molecule has 2 fully saturated rings. The summed E-state index contributed by atoms with van der Waals surface area (Å²) in [5.41, 5.74) is 1.04. The highest BCUT2D eigenvalue weighted by atomic mass is 16.2. The maximum Gasteiger partial charge on any atom is 0.243 e. The summed E-state index contributed by atoms with van der Waals surface area (Å²) >= 11 is 0. The summed E-state index contributed by atoms with van der Waals surface area (Å²) in [6.45, 7) is 7.05. The predicted molar refractivity (Wildman–Crippen MR) is 97.7 cm³/mol. The number of hydrogen-bond donors (Lipinski definition) is 2. The van der Waals surface area contributed by atoms with Crippen LogP contribution in [-0.2, 0) is 16.1 Å². The number of rotatable bonds is 7. The monoisotopic (exact) mass is 341 g/mol. The Balaban J connectivity index is 1.56.